The summed E-state index contributed by atoms with van der Waals surface area (Å²) in [4.78, 5) is 19.1. The fraction of sp³-hybridized carbons (Fsp3) is 0.280. The minimum absolute atomic E-state index is 0.0684. The zero-order chi connectivity index (χ0) is 21.8. The maximum atomic E-state index is 12.7. The number of pyridine rings is 1. The largest absolute Gasteiger partial charge is 0.416 e. The number of alkyl halides is 3. The molecule has 2 heterocycles. The van der Waals surface area contributed by atoms with E-state index < -0.39 is 11.7 Å². The van der Waals surface area contributed by atoms with Gasteiger partial charge in [-0.05, 0) is 60.7 Å². The molecule has 0 bridgehead atoms. The number of nitrogens with zero attached hydrogens (tertiary/aromatic N) is 2. The van der Waals surface area contributed by atoms with Crippen LogP contribution in [0.15, 0.2) is 72.9 Å². The van der Waals surface area contributed by atoms with E-state index in [9.17, 15) is 18.0 Å². The summed E-state index contributed by atoms with van der Waals surface area (Å²) in [5, 5.41) is 0. The minimum Gasteiger partial charge on any atom is -0.339 e. The molecule has 1 amide bonds. The summed E-state index contributed by atoms with van der Waals surface area (Å²) in [5.74, 6) is 0.374. The normalized spacial score (nSPS) is 15.1. The molecule has 3 nitrogen and oxygen atoms in total. The van der Waals surface area contributed by atoms with Crippen LogP contribution in [0.25, 0.3) is 0 Å². The van der Waals surface area contributed by atoms with Crippen molar-refractivity contribution >= 4 is 5.91 Å². The number of carbonyl (C=O) groups is 1. The number of piperidine rings is 1. The smallest absolute Gasteiger partial charge is 0.339 e. The standard InChI is InChI=1S/C25H23F3N2O/c26-25(27,28)22-9-6-18(7-10-22)16-19-8-11-23(29-17-19)20-12-14-30(15-13-20)24(31)21-4-2-1-3-5-21/h1-11,17,20H,12-16H2. The summed E-state index contributed by atoms with van der Waals surface area (Å²) < 4.78 is 38.1. The summed E-state index contributed by atoms with van der Waals surface area (Å²) in [5.41, 5.74) is 2.85. The molecule has 160 valence electrons. The average Bonchev–Trinajstić information content (AvgIpc) is 2.80. The van der Waals surface area contributed by atoms with E-state index in [0.29, 0.717) is 31.0 Å². The van der Waals surface area contributed by atoms with Crippen LogP contribution in [0.4, 0.5) is 13.2 Å². The number of rotatable bonds is 4. The van der Waals surface area contributed by atoms with Crippen molar-refractivity contribution in [2.24, 2.45) is 0 Å². The van der Waals surface area contributed by atoms with Crippen molar-refractivity contribution in [2.45, 2.75) is 31.4 Å². The van der Waals surface area contributed by atoms with Crippen molar-refractivity contribution in [2.75, 3.05) is 13.1 Å². The van der Waals surface area contributed by atoms with Gasteiger partial charge in [0.15, 0.2) is 0 Å². The number of hydrogen-bond acceptors (Lipinski definition) is 2. The monoisotopic (exact) mass is 424 g/mol. The predicted molar refractivity (Wildman–Crippen MR) is 113 cm³/mol. The Morgan fingerprint density at radius 1 is 0.903 bits per heavy atom. The number of hydrogen-bond donors (Lipinski definition) is 0. The first kappa shape index (κ1) is 21.1. The summed E-state index contributed by atoms with van der Waals surface area (Å²) in [6.07, 6.45) is -0.249. The number of carbonyl (C=O) groups excluding carboxylic acids is 1. The lowest BCUT2D eigenvalue weighted by molar-refractivity contribution is -0.137. The molecule has 1 aliphatic heterocycles. The Hall–Kier alpha value is -3.15. The number of halogens is 3. The number of aromatic nitrogens is 1. The van der Waals surface area contributed by atoms with Crippen LogP contribution in [-0.2, 0) is 12.6 Å². The van der Waals surface area contributed by atoms with Gasteiger partial charge < -0.3 is 4.90 Å². The van der Waals surface area contributed by atoms with Crippen molar-refractivity contribution in [3.8, 4) is 0 Å². The van der Waals surface area contributed by atoms with Crippen LogP contribution >= 0.6 is 0 Å². The van der Waals surface area contributed by atoms with Gasteiger partial charge in [0.25, 0.3) is 5.91 Å². The van der Waals surface area contributed by atoms with Crippen LogP contribution in [-0.4, -0.2) is 28.9 Å². The lowest BCUT2D eigenvalue weighted by atomic mass is 9.92. The van der Waals surface area contributed by atoms with Gasteiger partial charge in [0, 0.05) is 36.5 Å². The summed E-state index contributed by atoms with van der Waals surface area (Å²) in [6.45, 7) is 1.40. The molecule has 0 N–H and O–H groups in total. The summed E-state index contributed by atoms with van der Waals surface area (Å²) in [7, 11) is 0. The molecule has 1 aromatic heterocycles. The molecule has 2 aromatic carbocycles. The van der Waals surface area contributed by atoms with Gasteiger partial charge in [0.2, 0.25) is 0 Å². The second-order valence-electron chi connectivity index (χ2n) is 7.90. The highest BCUT2D eigenvalue weighted by Crippen LogP contribution is 2.30. The van der Waals surface area contributed by atoms with Crippen LogP contribution in [0, 0.1) is 0 Å². The van der Waals surface area contributed by atoms with Gasteiger partial charge in [-0.2, -0.15) is 13.2 Å². The molecular formula is C25H23F3N2O. The topological polar surface area (TPSA) is 33.2 Å². The van der Waals surface area contributed by atoms with E-state index in [1.165, 1.54) is 12.1 Å². The quantitative estimate of drug-likeness (QED) is 0.537. The Balaban J connectivity index is 1.33. The Morgan fingerprint density at radius 2 is 1.55 bits per heavy atom. The van der Waals surface area contributed by atoms with Gasteiger partial charge in [0.1, 0.15) is 0 Å². The third-order valence-electron chi connectivity index (χ3n) is 5.76. The molecule has 4 rings (SSSR count). The fourth-order valence-corrected chi connectivity index (χ4v) is 3.97. The van der Waals surface area contributed by atoms with Crippen LogP contribution < -0.4 is 0 Å². The van der Waals surface area contributed by atoms with E-state index in [0.717, 1.165) is 41.8 Å². The molecule has 3 aromatic rings. The van der Waals surface area contributed by atoms with Gasteiger partial charge >= 0.3 is 6.18 Å². The third kappa shape index (κ3) is 5.13. The third-order valence-corrected chi connectivity index (χ3v) is 5.76. The SMILES string of the molecule is O=C(c1ccccc1)N1CCC(c2ccc(Cc3ccc(C(F)(F)F)cc3)cn2)CC1. The van der Waals surface area contributed by atoms with E-state index in [2.05, 4.69) is 4.98 Å². The number of benzene rings is 2. The van der Waals surface area contributed by atoms with Crippen molar-refractivity contribution in [3.05, 3.63) is 101 Å². The highest BCUT2D eigenvalue weighted by molar-refractivity contribution is 5.94. The molecule has 1 fully saturated rings. The van der Waals surface area contributed by atoms with Crippen LogP contribution in [0.3, 0.4) is 0 Å². The van der Waals surface area contributed by atoms with E-state index in [-0.39, 0.29) is 5.91 Å². The van der Waals surface area contributed by atoms with E-state index in [4.69, 9.17) is 0 Å². The first-order chi connectivity index (χ1) is 14.9. The van der Waals surface area contributed by atoms with Crippen molar-refractivity contribution in [1.82, 2.24) is 9.88 Å². The summed E-state index contributed by atoms with van der Waals surface area (Å²) in [6, 6.07) is 18.6. The molecule has 31 heavy (non-hydrogen) atoms. The lowest BCUT2D eigenvalue weighted by Crippen LogP contribution is -2.38. The molecular weight excluding hydrogens is 401 g/mol. The maximum absolute atomic E-state index is 12.7. The average molecular weight is 424 g/mol. The van der Waals surface area contributed by atoms with Crippen LogP contribution in [0.1, 0.15) is 51.5 Å². The van der Waals surface area contributed by atoms with Crippen molar-refractivity contribution < 1.29 is 18.0 Å². The fourth-order valence-electron chi connectivity index (χ4n) is 3.97. The van der Waals surface area contributed by atoms with Crippen molar-refractivity contribution in [1.29, 1.82) is 0 Å². The molecule has 1 aliphatic rings. The zero-order valence-corrected chi connectivity index (χ0v) is 17.0. The van der Waals surface area contributed by atoms with Crippen LogP contribution in [0.5, 0.6) is 0 Å². The maximum Gasteiger partial charge on any atom is 0.416 e. The molecule has 0 spiro atoms. The highest BCUT2D eigenvalue weighted by atomic mass is 19.4. The van der Waals surface area contributed by atoms with Crippen LogP contribution in [0.2, 0.25) is 0 Å². The van der Waals surface area contributed by atoms with E-state index in [1.807, 2.05) is 47.4 Å². The summed E-state index contributed by atoms with van der Waals surface area (Å²) >= 11 is 0. The Bertz CT molecular complexity index is 1010. The molecule has 0 atom stereocenters. The van der Waals surface area contributed by atoms with Crippen molar-refractivity contribution in [3.63, 3.8) is 0 Å². The lowest BCUT2D eigenvalue weighted by Gasteiger charge is -2.32. The zero-order valence-electron chi connectivity index (χ0n) is 17.0. The molecule has 6 heteroatoms. The highest BCUT2D eigenvalue weighted by Gasteiger charge is 2.30. The molecule has 1 saturated heterocycles. The van der Waals surface area contributed by atoms with Gasteiger partial charge in [-0.1, -0.05) is 36.4 Å². The second-order valence-corrected chi connectivity index (χ2v) is 7.90. The Labute approximate surface area is 179 Å². The van der Waals surface area contributed by atoms with Gasteiger partial charge in [-0.25, -0.2) is 0 Å². The van der Waals surface area contributed by atoms with Gasteiger partial charge in [-0.3, -0.25) is 9.78 Å². The van der Waals surface area contributed by atoms with E-state index in [1.54, 1.807) is 6.20 Å². The Kier molecular flexibility index (Phi) is 6.07. The predicted octanol–water partition coefficient (Wildman–Crippen LogP) is 5.71. The van der Waals surface area contributed by atoms with E-state index >= 15 is 0 Å². The number of likely N-dealkylation sites (tertiary alicyclic amines) is 1. The first-order valence-electron chi connectivity index (χ1n) is 10.4. The van der Waals surface area contributed by atoms with Gasteiger partial charge in [0.05, 0.1) is 5.56 Å². The van der Waals surface area contributed by atoms with Gasteiger partial charge in [-0.15, -0.1) is 0 Å². The second kappa shape index (κ2) is 8.92. The molecule has 0 unspecified atom stereocenters. The Morgan fingerprint density at radius 3 is 2.13 bits per heavy atom. The molecule has 0 saturated carbocycles. The minimum atomic E-state index is -4.32. The molecule has 0 radical (unpaired) electrons. The number of amides is 1. The first-order valence-corrected chi connectivity index (χ1v) is 10.4. The molecule has 0 aliphatic carbocycles.